The lowest BCUT2D eigenvalue weighted by Crippen LogP contribution is -2.32. The van der Waals surface area contributed by atoms with E-state index in [2.05, 4.69) is 23.9 Å². The van der Waals surface area contributed by atoms with Gasteiger partial charge in [-0.25, -0.2) is 13.0 Å². The number of pyridine rings is 1. The number of carbonyl (C=O) groups is 1. The molecule has 2 heterocycles. The van der Waals surface area contributed by atoms with E-state index < -0.39 is 10.1 Å². The molecule has 1 aromatic carbocycles. The third kappa shape index (κ3) is 20.0. The van der Waals surface area contributed by atoms with E-state index in [-0.39, 0.29) is 23.3 Å². The number of carbonyl (C=O) groups excluding carboxylic acids is 1. The van der Waals surface area contributed by atoms with E-state index in [1.807, 2.05) is 25.1 Å². The summed E-state index contributed by atoms with van der Waals surface area (Å²) in [5.41, 5.74) is 0.928. The molecular weight excluding hydrogens is 602 g/mol. The first-order valence-corrected chi connectivity index (χ1v) is 19.1. The third-order valence-corrected chi connectivity index (χ3v) is 9.02. The Kier molecular flexibility index (Phi) is 21.5. The van der Waals surface area contributed by atoms with Gasteiger partial charge in [0.2, 0.25) is 0 Å². The van der Waals surface area contributed by atoms with Gasteiger partial charge in [-0.2, -0.15) is 0 Å². The lowest BCUT2D eigenvalue weighted by Gasteiger charge is -2.12. The maximum absolute atomic E-state index is 12.0. The van der Waals surface area contributed by atoms with Crippen LogP contribution in [0.25, 0.3) is 0 Å². The van der Waals surface area contributed by atoms with Crippen LogP contribution in [0.2, 0.25) is 0 Å². The Morgan fingerprint density at radius 3 is 1.98 bits per heavy atom. The van der Waals surface area contributed by atoms with E-state index in [0.717, 1.165) is 44.2 Å². The van der Waals surface area contributed by atoms with E-state index >= 15 is 0 Å². The number of aromatic nitrogens is 1. The van der Waals surface area contributed by atoms with Crippen LogP contribution in [-0.2, 0) is 35.7 Å². The number of unbranched alkanes of at least 4 members (excludes halogenated alkanes) is 14. The summed E-state index contributed by atoms with van der Waals surface area (Å²) < 4.78 is 50.4. The highest BCUT2D eigenvalue weighted by Crippen LogP contribution is 2.19. The van der Waals surface area contributed by atoms with Gasteiger partial charge >= 0.3 is 5.97 Å². The summed E-state index contributed by atoms with van der Waals surface area (Å²) in [6.07, 6.45) is 26.0. The van der Waals surface area contributed by atoms with Crippen molar-refractivity contribution in [2.24, 2.45) is 0 Å². The van der Waals surface area contributed by atoms with Crippen molar-refractivity contribution >= 4 is 16.1 Å². The Morgan fingerprint density at radius 1 is 0.826 bits per heavy atom. The molecule has 1 saturated heterocycles. The van der Waals surface area contributed by atoms with E-state index in [1.165, 1.54) is 89.2 Å². The number of aryl methyl sites for hydroxylation is 2. The Hall–Kier alpha value is -2.33. The zero-order chi connectivity index (χ0) is 33.3. The average molecular weight is 662 g/mol. The first-order chi connectivity index (χ1) is 22.3. The summed E-state index contributed by atoms with van der Waals surface area (Å²) in [6, 6.07) is 11.9. The molecule has 2 atom stereocenters. The summed E-state index contributed by atoms with van der Waals surface area (Å²) in [7, 11) is -4.27. The average Bonchev–Trinajstić information content (AvgIpc) is 3.50. The molecule has 46 heavy (non-hydrogen) atoms. The van der Waals surface area contributed by atoms with Gasteiger partial charge in [0.15, 0.2) is 18.7 Å². The first-order valence-electron chi connectivity index (χ1n) is 17.7. The van der Waals surface area contributed by atoms with Crippen LogP contribution in [0.3, 0.4) is 0 Å². The molecule has 8 nitrogen and oxygen atoms in total. The van der Waals surface area contributed by atoms with Gasteiger partial charge in [0.25, 0.3) is 0 Å². The fraction of sp³-hybridized carbons (Fsp3) is 0.676. The maximum atomic E-state index is 12.0. The van der Waals surface area contributed by atoms with E-state index in [4.69, 9.17) is 14.2 Å². The van der Waals surface area contributed by atoms with Crippen molar-refractivity contribution in [2.45, 2.75) is 153 Å². The third-order valence-electron chi connectivity index (χ3n) is 8.17. The van der Waals surface area contributed by atoms with Gasteiger partial charge < -0.3 is 18.8 Å². The smallest absolute Gasteiger partial charge is 0.305 e. The highest BCUT2D eigenvalue weighted by Gasteiger charge is 2.26. The van der Waals surface area contributed by atoms with Gasteiger partial charge in [0, 0.05) is 25.0 Å². The monoisotopic (exact) mass is 661 g/mol. The van der Waals surface area contributed by atoms with E-state index in [9.17, 15) is 17.8 Å². The van der Waals surface area contributed by atoms with Crippen molar-refractivity contribution in [3.8, 4) is 0 Å². The summed E-state index contributed by atoms with van der Waals surface area (Å²) in [5, 5.41) is 0. The molecule has 0 saturated carbocycles. The SMILES string of the molecule is CCCCCCCCCCCCCCC[C@H]1OC[C@H](COC(=O)CCCCC[n+]2ccccc2)O1.Cc1ccc(S(=O)(=O)[O-])cc1. The summed E-state index contributed by atoms with van der Waals surface area (Å²) in [5.74, 6) is -0.124. The molecule has 0 spiro atoms. The van der Waals surface area contributed by atoms with Crippen LogP contribution in [0.5, 0.6) is 0 Å². The van der Waals surface area contributed by atoms with Gasteiger partial charge in [-0.05, 0) is 44.7 Å². The van der Waals surface area contributed by atoms with E-state index in [0.29, 0.717) is 19.6 Å². The number of ether oxygens (including phenoxy) is 3. The van der Waals surface area contributed by atoms with Crippen LogP contribution in [0.15, 0.2) is 59.8 Å². The minimum Gasteiger partial charge on any atom is -0.744 e. The number of hydrogen-bond donors (Lipinski definition) is 0. The molecule has 1 aliphatic rings. The normalized spacial score (nSPS) is 16.2. The van der Waals surface area contributed by atoms with Crippen LogP contribution in [0.1, 0.15) is 128 Å². The Bertz CT molecular complexity index is 1140. The van der Waals surface area contributed by atoms with Crippen LogP contribution < -0.4 is 4.57 Å². The van der Waals surface area contributed by atoms with Crippen LogP contribution in [0.4, 0.5) is 0 Å². The zero-order valence-electron chi connectivity index (χ0n) is 28.4. The standard InChI is InChI=1S/C30H52NO4.C7H8O3S/c1-2-3-4-5-6-7-8-9-10-11-12-13-17-22-30-34-27-28(35-30)26-33-29(32)21-16-14-18-23-31-24-19-15-20-25-31;1-6-2-4-7(5-3-6)11(8,9)10/h15,19-20,24-25,28,30H,2-14,16-18,21-23,26-27H2,1H3;2-5H,1H3,(H,8,9,10)/q+1;/p-1/t28-,30-;/m0./s1. The predicted molar refractivity (Wildman–Crippen MR) is 180 cm³/mol. The molecule has 0 radical (unpaired) electrons. The van der Waals surface area contributed by atoms with Gasteiger partial charge in [-0.3, -0.25) is 4.79 Å². The Morgan fingerprint density at radius 2 is 1.39 bits per heavy atom. The molecule has 0 unspecified atom stereocenters. The second-order valence-electron chi connectivity index (χ2n) is 12.4. The van der Waals surface area contributed by atoms with Crippen molar-refractivity contribution < 1.29 is 36.5 Å². The summed E-state index contributed by atoms with van der Waals surface area (Å²) >= 11 is 0. The molecule has 0 amide bonds. The molecule has 1 aliphatic heterocycles. The highest BCUT2D eigenvalue weighted by molar-refractivity contribution is 7.85. The van der Waals surface area contributed by atoms with Crippen molar-refractivity contribution in [3.63, 3.8) is 0 Å². The molecule has 2 aromatic rings. The fourth-order valence-corrected chi connectivity index (χ4v) is 5.83. The fourth-order valence-electron chi connectivity index (χ4n) is 5.36. The van der Waals surface area contributed by atoms with Gasteiger partial charge in [0.05, 0.1) is 11.5 Å². The second kappa shape index (κ2) is 24.8. The first kappa shape index (κ1) is 39.8. The molecular formula is C37H59NO7S. The largest absolute Gasteiger partial charge is 0.744 e. The zero-order valence-corrected chi connectivity index (χ0v) is 29.2. The van der Waals surface area contributed by atoms with Gasteiger partial charge in [-0.1, -0.05) is 108 Å². The number of esters is 1. The number of nitrogens with zero attached hydrogens (tertiary/aromatic N) is 1. The molecule has 9 heteroatoms. The molecule has 0 bridgehead atoms. The minimum atomic E-state index is -4.27. The van der Waals surface area contributed by atoms with Crippen molar-refractivity contribution in [3.05, 3.63) is 60.4 Å². The molecule has 3 rings (SSSR count). The highest BCUT2D eigenvalue weighted by atomic mass is 32.2. The van der Waals surface area contributed by atoms with Gasteiger partial charge in [0.1, 0.15) is 29.4 Å². The van der Waals surface area contributed by atoms with E-state index in [1.54, 1.807) is 12.1 Å². The van der Waals surface area contributed by atoms with Crippen LogP contribution >= 0.6 is 0 Å². The second-order valence-corrected chi connectivity index (χ2v) is 13.8. The maximum Gasteiger partial charge on any atom is 0.305 e. The lowest BCUT2D eigenvalue weighted by atomic mass is 10.0. The summed E-state index contributed by atoms with van der Waals surface area (Å²) in [4.78, 5) is 11.8. The molecule has 0 N–H and O–H groups in total. The lowest BCUT2D eigenvalue weighted by molar-refractivity contribution is -0.697. The number of hydrogen-bond acceptors (Lipinski definition) is 7. The van der Waals surface area contributed by atoms with Crippen molar-refractivity contribution in [1.29, 1.82) is 0 Å². The number of benzene rings is 1. The quantitative estimate of drug-likeness (QED) is 0.0512. The van der Waals surface area contributed by atoms with Crippen molar-refractivity contribution in [1.82, 2.24) is 0 Å². The predicted octanol–water partition coefficient (Wildman–Crippen LogP) is 8.20. The summed E-state index contributed by atoms with van der Waals surface area (Å²) in [6.45, 7) is 5.93. The van der Waals surface area contributed by atoms with Crippen molar-refractivity contribution in [2.75, 3.05) is 13.2 Å². The van der Waals surface area contributed by atoms with Crippen LogP contribution in [-0.4, -0.2) is 44.5 Å². The van der Waals surface area contributed by atoms with Crippen LogP contribution in [0, 0.1) is 6.92 Å². The van der Waals surface area contributed by atoms with Gasteiger partial charge in [-0.15, -0.1) is 0 Å². The molecule has 260 valence electrons. The molecule has 0 aliphatic carbocycles. The molecule has 1 fully saturated rings. The topological polar surface area (TPSA) is 106 Å². The number of rotatable bonds is 23. The molecule has 1 aromatic heterocycles. The minimum absolute atomic E-state index is 0.111. The Labute approximate surface area is 279 Å². The Balaban J connectivity index is 0.000000562.